The number of aliphatic hydroxyl groups is 1. The largest absolute Gasteiger partial charge is 0.399 e. The van der Waals surface area contributed by atoms with Crippen molar-refractivity contribution in [3.8, 4) is 0 Å². The molecule has 0 bridgehead atoms. The number of carbonyl (C=O) groups excluding carboxylic acids is 2. The maximum atomic E-state index is 17.3. The molecule has 34 heavy (non-hydrogen) atoms. The zero-order chi connectivity index (χ0) is 24.9. The molecule has 5 rings (SSSR count). The van der Waals surface area contributed by atoms with E-state index in [1.165, 1.54) is 19.3 Å². The molecule has 0 amide bonds. The Morgan fingerprint density at radius 3 is 2.65 bits per heavy atom. The summed E-state index contributed by atoms with van der Waals surface area (Å²) in [5.41, 5.74) is -6.26. The average Bonchev–Trinajstić information content (AvgIpc) is 3.16. The Balaban J connectivity index is 1.65. The zero-order valence-corrected chi connectivity index (χ0v) is 20.0. The molecule has 0 radical (unpaired) electrons. The second kappa shape index (κ2) is 7.04. The van der Waals surface area contributed by atoms with Gasteiger partial charge in [-0.15, -0.1) is 0 Å². The number of hydrogen-bond acceptors (Lipinski definition) is 7. The molecule has 4 fully saturated rings. The van der Waals surface area contributed by atoms with Gasteiger partial charge in [-0.05, 0) is 63.7 Å². The van der Waals surface area contributed by atoms with Gasteiger partial charge in [0.25, 0.3) is 0 Å². The average molecular weight is 480 g/mol. The van der Waals surface area contributed by atoms with Gasteiger partial charge >= 0.3 is 0 Å². The molecule has 1 aliphatic heterocycles. The van der Waals surface area contributed by atoms with Gasteiger partial charge in [0.1, 0.15) is 19.5 Å². The fraction of sp³-hybridized carbons (Fsp3) is 0.720. The highest BCUT2D eigenvalue weighted by atomic mass is 19.1. The Kier molecular flexibility index (Phi) is 4.92. The summed E-state index contributed by atoms with van der Waals surface area (Å²) in [6.07, 6.45) is 0.971. The molecule has 1 heterocycles. The minimum atomic E-state index is -2.23. The van der Waals surface area contributed by atoms with E-state index in [0.717, 1.165) is 12.3 Å². The van der Waals surface area contributed by atoms with Crippen molar-refractivity contribution in [3.05, 3.63) is 23.8 Å². The summed E-state index contributed by atoms with van der Waals surface area (Å²) in [7, 11) is 1.31. The molecule has 0 aromatic carbocycles. The van der Waals surface area contributed by atoms with E-state index in [4.69, 9.17) is 14.3 Å². The number of fused-ring (bicyclic) bond motifs is 7. The van der Waals surface area contributed by atoms with Crippen LogP contribution in [0, 0.1) is 22.7 Å². The van der Waals surface area contributed by atoms with Crippen molar-refractivity contribution >= 4 is 17.8 Å². The maximum Gasteiger partial charge on any atom is 0.212 e. The van der Waals surface area contributed by atoms with E-state index in [0.29, 0.717) is 0 Å². The van der Waals surface area contributed by atoms with Crippen molar-refractivity contribution in [2.24, 2.45) is 27.8 Å². The first-order valence-corrected chi connectivity index (χ1v) is 11.7. The second-order valence-electron chi connectivity index (χ2n) is 11.2. The van der Waals surface area contributed by atoms with E-state index in [9.17, 15) is 14.7 Å². The molecule has 7 nitrogen and oxygen atoms in total. The van der Waals surface area contributed by atoms with Gasteiger partial charge in [0.05, 0.1) is 12.2 Å². The number of ether oxygens (including phenoxy) is 2. The van der Waals surface area contributed by atoms with Gasteiger partial charge in [-0.2, -0.15) is 0 Å². The van der Waals surface area contributed by atoms with Crippen LogP contribution in [-0.4, -0.2) is 65.4 Å². The SMILES string of the molecule is CON=CC(=O)[C@@]12OC(C)(C)O[C@@H]1C[C@H]1[C@@H]3C[C@H](F)C4=CC(=O)C=C[C@]4(C)[C@@]3(F)[C@@H](O)C[C@@]12C. The number of halogens is 2. The van der Waals surface area contributed by atoms with E-state index in [1.54, 1.807) is 27.7 Å². The maximum absolute atomic E-state index is 17.3. The summed E-state index contributed by atoms with van der Waals surface area (Å²) < 4.78 is 45.3. The summed E-state index contributed by atoms with van der Waals surface area (Å²) in [5.74, 6) is -3.43. The van der Waals surface area contributed by atoms with Crippen LogP contribution >= 0.6 is 0 Å². The third kappa shape index (κ3) is 2.63. The highest BCUT2D eigenvalue weighted by molar-refractivity contribution is 6.31. The smallest absolute Gasteiger partial charge is 0.212 e. The topological polar surface area (TPSA) is 94.4 Å². The van der Waals surface area contributed by atoms with Gasteiger partial charge in [-0.3, -0.25) is 9.59 Å². The zero-order valence-electron chi connectivity index (χ0n) is 20.0. The molecule has 1 N–H and O–H groups in total. The summed E-state index contributed by atoms with van der Waals surface area (Å²) in [6.45, 7) is 6.74. The molecule has 186 valence electrons. The van der Waals surface area contributed by atoms with Crippen LogP contribution in [0.5, 0.6) is 0 Å². The van der Waals surface area contributed by atoms with Crippen molar-refractivity contribution in [3.63, 3.8) is 0 Å². The summed E-state index contributed by atoms with van der Waals surface area (Å²) in [5, 5.41) is 15.1. The number of rotatable bonds is 3. The molecule has 9 heteroatoms. The van der Waals surface area contributed by atoms with Gasteiger partial charge in [0, 0.05) is 16.7 Å². The molecule has 3 saturated carbocycles. The number of hydrogen-bond donors (Lipinski definition) is 1. The van der Waals surface area contributed by atoms with Crippen molar-refractivity contribution in [2.75, 3.05) is 7.11 Å². The number of allylic oxidation sites excluding steroid dienone is 4. The normalized spacial score (nSPS) is 50.9. The van der Waals surface area contributed by atoms with Crippen LogP contribution in [0.4, 0.5) is 8.78 Å². The van der Waals surface area contributed by atoms with Crippen LogP contribution in [0.1, 0.15) is 47.0 Å². The molecule has 0 unspecified atom stereocenters. The van der Waals surface area contributed by atoms with E-state index < -0.39 is 69.7 Å². The highest BCUT2D eigenvalue weighted by Crippen LogP contribution is 2.72. The molecule has 0 aromatic heterocycles. The third-order valence-corrected chi connectivity index (χ3v) is 9.26. The summed E-state index contributed by atoms with van der Waals surface area (Å²) >= 11 is 0. The molecular weight excluding hydrogens is 448 g/mol. The van der Waals surface area contributed by atoms with Crippen molar-refractivity contribution in [1.82, 2.24) is 0 Å². The van der Waals surface area contributed by atoms with E-state index in [2.05, 4.69) is 5.16 Å². The highest BCUT2D eigenvalue weighted by Gasteiger charge is 2.80. The van der Waals surface area contributed by atoms with Crippen molar-refractivity contribution in [2.45, 2.75) is 82.4 Å². The van der Waals surface area contributed by atoms with Crippen LogP contribution in [0.15, 0.2) is 29.0 Å². The van der Waals surface area contributed by atoms with Gasteiger partial charge in [-0.25, -0.2) is 8.78 Å². The molecule has 0 aromatic rings. The first-order chi connectivity index (χ1) is 15.8. The quantitative estimate of drug-likeness (QED) is 0.494. The molecule has 1 saturated heterocycles. The number of alkyl halides is 2. The minimum absolute atomic E-state index is 0.0613. The standard InChI is InChI=1S/C25H31F2NO6/c1-21(2)33-20-10-14-15-9-17(26)16-8-13(29)6-7-22(16,3)24(15,27)18(30)11-23(14,4)25(20,34-21)19(31)12-28-32-5/h6-8,12,14-15,17-18,20,30H,9-11H2,1-5H3/t14-,15-,17-,18-,20+,22-,23-,24-,25+/m0/s1. The monoisotopic (exact) mass is 479 g/mol. The molecule has 9 atom stereocenters. The lowest BCUT2D eigenvalue weighted by molar-refractivity contribution is -0.246. The third-order valence-electron chi connectivity index (χ3n) is 9.26. The van der Waals surface area contributed by atoms with Gasteiger partial charge in [0.2, 0.25) is 5.78 Å². The molecule has 4 aliphatic carbocycles. The number of Topliss-reactive ketones (excluding diaryl/α,β-unsaturated/α-hetero) is 1. The first-order valence-electron chi connectivity index (χ1n) is 11.7. The first kappa shape index (κ1) is 23.8. The molecule has 5 aliphatic rings. The Morgan fingerprint density at radius 2 is 1.97 bits per heavy atom. The lowest BCUT2D eigenvalue weighted by atomic mass is 9.44. The number of oxime groups is 1. The lowest BCUT2D eigenvalue weighted by Crippen LogP contribution is -2.71. The van der Waals surface area contributed by atoms with Gasteiger partial charge in [-0.1, -0.05) is 18.2 Å². The van der Waals surface area contributed by atoms with Gasteiger partial charge in [0.15, 0.2) is 22.8 Å². The predicted molar refractivity (Wildman–Crippen MR) is 117 cm³/mol. The summed E-state index contributed by atoms with van der Waals surface area (Å²) in [4.78, 5) is 30.2. The van der Waals surface area contributed by atoms with E-state index >= 15 is 8.78 Å². The van der Waals surface area contributed by atoms with Crippen LogP contribution in [0.2, 0.25) is 0 Å². The van der Waals surface area contributed by atoms with E-state index in [1.807, 2.05) is 0 Å². The number of carbonyl (C=O) groups is 2. The number of nitrogens with zero attached hydrogens (tertiary/aromatic N) is 1. The fourth-order valence-corrected chi connectivity index (χ4v) is 7.93. The van der Waals surface area contributed by atoms with Crippen molar-refractivity contribution < 1.29 is 37.8 Å². The van der Waals surface area contributed by atoms with Crippen LogP contribution in [0.3, 0.4) is 0 Å². The van der Waals surface area contributed by atoms with Crippen LogP contribution in [0.25, 0.3) is 0 Å². The Bertz CT molecular complexity index is 1040. The Hall–Kier alpha value is -1.97. The second-order valence-corrected chi connectivity index (χ2v) is 11.2. The molecule has 0 spiro atoms. The van der Waals surface area contributed by atoms with Crippen LogP contribution in [-0.2, 0) is 23.9 Å². The molecular formula is C25H31F2NO6. The van der Waals surface area contributed by atoms with E-state index in [-0.39, 0.29) is 24.8 Å². The predicted octanol–water partition coefficient (Wildman–Crippen LogP) is 3.01. The Morgan fingerprint density at radius 1 is 1.26 bits per heavy atom. The minimum Gasteiger partial charge on any atom is -0.399 e. The fourth-order valence-electron chi connectivity index (χ4n) is 7.93. The number of aliphatic hydroxyl groups excluding tert-OH is 1. The summed E-state index contributed by atoms with van der Waals surface area (Å²) in [6, 6.07) is 0. The van der Waals surface area contributed by atoms with Gasteiger partial charge < -0.3 is 19.4 Å². The number of ketones is 2. The van der Waals surface area contributed by atoms with Crippen LogP contribution < -0.4 is 0 Å². The van der Waals surface area contributed by atoms with Crippen molar-refractivity contribution in [1.29, 1.82) is 0 Å². The lowest BCUT2D eigenvalue weighted by Gasteiger charge is -2.63. The Labute approximate surface area is 197 Å².